The second kappa shape index (κ2) is 13.8. The molecule has 14 heteroatoms. The first kappa shape index (κ1) is 30.2. The lowest BCUT2D eigenvalue weighted by Crippen LogP contribution is -2.32. The third-order valence-corrected chi connectivity index (χ3v) is 6.67. The van der Waals surface area contributed by atoms with Crippen molar-refractivity contribution >= 4 is 41.5 Å². The number of carbonyl (C=O) groups is 2. The van der Waals surface area contributed by atoms with Crippen molar-refractivity contribution in [3.8, 4) is 17.2 Å². The number of ether oxygens (including phenoxy) is 3. The summed E-state index contributed by atoms with van der Waals surface area (Å²) < 4.78 is 16.1. The van der Waals surface area contributed by atoms with E-state index in [0.29, 0.717) is 40.9 Å². The number of anilines is 3. The summed E-state index contributed by atoms with van der Waals surface area (Å²) in [6.07, 6.45) is -0.405. The molecular formula is C30H30ClN7O6. The van der Waals surface area contributed by atoms with Gasteiger partial charge in [0.25, 0.3) is 0 Å². The van der Waals surface area contributed by atoms with Crippen LogP contribution in [0.15, 0.2) is 66.7 Å². The summed E-state index contributed by atoms with van der Waals surface area (Å²) in [6, 6.07) is 18.4. The number of fused-ring (bicyclic) bond motifs is 1. The fraction of sp³-hybridized carbons (Fsp3) is 0.233. The van der Waals surface area contributed by atoms with Gasteiger partial charge in [-0.3, -0.25) is 0 Å². The van der Waals surface area contributed by atoms with Crippen molar-refractivity contribution < 1.29 is 28.9 Å². The molecule has 0 radical (unpaired) electrons. The molecule has 1 aliphatic heterocycles. The second-order valence-electron chi connectivity index (χ2n) is 9.97. The van der Waals surface area contributed by atoms with Crippen molar-refractivity contribution in [2.45, 2.75) is 25.6 Å². The van der Waals surface area contributed by atoms with Gasteiger partial charge in [-0.2, -0.15) is 15.0 Å². The highest BCUT2D eigenvalue weighted by molar-refractivity contribution is 6.30. The van der Waals surface area contributed by atoms with Crippen molar-refractivity contribution in [1.29, 1.82) is 0 Å². The highest BCUT2D eigenvalue weighted by atomic mass is 35.5. The number of hydrogen-bond acceptors (Lipinski definition) is 11. The zero-order chi connectivity index (χ0) is 31.1. The molecule has 0 unspecified atom stereocenters. The molecule has 4 N–H and O–H groups in total. The van der Waals surface area contributed by atoms with E-state index in [1.54, 1.807) is 50.5 Å². The SMILES string of the molecule is CN(C)C(=O)Oc1ccc(C[C@H](Nc2nc(NCc3ccc(Cl)cc3)nc(NCc3ccc4c(c3)OCO4)n2)C(=O)O)cc1. The number of rotatable bonds is 12. The molecule has 1 atom stereocenters. The van der Waals surface area contributed by atoms with Crippen LogP contribution in [0.4, 0.5) is 22.6 Å². The van der Waals surface area contributed by atoms with E-state index in [-0.39, 0.29) is 31.1 Å². The van der Waals surface area contributed by atoms with Gasteiger partial charge in [-0.25, -0.2) is 9.59 Å². The topological polar surface area (TPSA) is 160 Å². The minimum absolute atomic E-state index is 0.0655. The molecule has 0 saturated carbocycles. The summed E-state index contributed by atoms with van der Waals surface area (Å²) in [6.45, 7) is 0.940. The van der Waals surface area contributed by atoms with Crippen LogP contribution >= 0.6 is 11.6 Å². The van der Waals surface area contributed by atoms with Gasteiger partial charge in [0, 0.05) is 38.6 Å². The smallest absolute Gasteiger partial charge is 0.414 e. The van der Waals surface area contributed by atoms with Crippen LogP contribution in [0.25, 0.3) is 0 Å². The maximum absolute atomic E-state index is 12.2. The van der Waals surface area contributed by atoms with E-state index in [0.717, 1.165) is 11.1 Å². The Bertz CT molecular complexity index is 1620. The number of aliphatic carboxylic acids is 1. The normalized spacial score (nSPS) is 12.2. The van der Waals surface area contributed by atoms with Gasteiger partial charge in [0.1, 0.15) is 11.8 Å². The molecule has 0 saturated heterocycles. The van der Waals surface area contributed by atoms with Crippen LogP contribution in [0.5, 0.6) is 17.2 Å². The predicted octanol–water partition coefficient (Wildman–Crippen LogP) is 4.65. The quantitative estimate of drug-likeness (QED) is 0.174. The minimum atomic E-state index is -1.10. The van der Waals surface area contributed by atoms with E-state index in [1.807, 2.05) is 30.3 Å². The van der Waals surface area contributed by atoms with Crippen molar-refractivity contribution in [2.75, 3.05) is 36.8 Å². The first-order valence-corrected chi connectivity index (χ1v) is 13.9. The Kier molecular flexibility index (Phi) is 9.45. The van der Waals surface area contributed by atoms with Crippen LogP contribution < -0.4 is 30.2 Å². The molecule has 1 amide bonds. The summed E-state index contributed by atoms with van der Waals surface area (Å²) in [7, 11) is 3.16. The Balaban J connectivity index is 1.32. The fourth-order valence-corrected chi connectivity index (χ4v) is 4.22. The number of halogens is 1. The van der Waals surface area contributed by atoms with Crippen LogP contribution in [0.2, 0.25) is 5.02 Å². The molecule has 0 aliphatic carbocycles. The number of hydrogen-bond donors (Lipinski definition) is 4. The van der Waals surface area contributed by atoms with Crippen LogP contribution in [0, 0.1) is 0 Å². The maximum atomic E-state index is 12.2. The largest absolute Gasteiger partial charge is 0.480 e. The summed E-state index contributed by atoms with van der Waals surface area (Å²) >= 11 is 6.00. The molecule has 44 heavy (non-hydrogen) atoms. The number of nitrogens with zero attached hydrogens (tertiary/aromatic N) is 4. The summed E-state index contributed by atoms with van der Waals surface area (Å²) in [5, 5.41) is 19.9. The third kappa shape index (κ3) is 8.16. The van der Waals surface area contributed by atoms with Crippen molar-refractivity contribution in [3.63, 3.8) is 0 Å². The van der Waals surface area contributed by atoms with Gasteiger partial charge in [0.15, 0.2) is 11.5 Å². The Morgan fingerprint density at radius 3 is 2.11 bits per heavy atom. The molecule has 4 aromatic rings. The van der Waals surface area contributed by atoms with E-state index in [4.69, 9.17) is 25.8 Å². The van der Waals surface area contributed by atoms with Crippen LogP contribution in [-0.2, 0) is 24.3 Å². The molecule has 13 nitrogen and oxygen atoms in total. The number of nitrogens with one attached hydrogen (secondary N) is 3. The number of carboxylic acids is 1. The number of aromatic nitrogens is 3. The van der Waals surface area contributed by atoms with Gasteiger partial charge in [0.05, 0.1) is 0 Å². The molecule has 2 heterocycles. The zero-order valence-electron chi connectivity index (χ0n) is 23.9. The molecular weight excluding hydrogens is 590 g/mol. The molecule has 0 fully saturated rings. The monoisotopic (exact) mass is 619 g/mol. The molecule has 0 spiro atoms. The van der Waals surface area contributed by atoms with Crippen molar-refractivity contribution in [1.82, 2.24) is 19.9 Å². The minimum Gasteiger partial charge on any atom is -0.480 e. The lowest BCUT2D eigenvalue weighted by atomic mass is 10.1. The van der Waals surface area contributed by atoms with Gasteiger partial charge in [-0.1, -0.05) is 41.9 Å². The van der Waals surface area contributed by atoms with E-state index in [9.17, 15) is 14.7 Å². The molecule has 0 bridgehead atoms. The Morgan fingerprint density at radius 2 is 1.45 bits per heavy atom. The Morgan fingerprint density at radius 1 is 0.864 bits per heavy atom. The van der Waals surface area contributed by atoms with E-state index < -0.39 is 18.1 Å². The van der Waals surface area contributed by atoms with E-state index in [1.165, 1.54) is 4.90 Å². The highest BCUT2D eigenvalue weighted by Crippen LogP contribution is 2.32. The first-order valence-electron chi connectivity index (χ1n) is 13.6. The Labute approximate surface area is 258 Å². The molecule has 1 aliphatic rings. The summed E-state index contributed by atoms with van der Waals surface area (Å²) in [5.41, 5.74) is 2.55. The lowest BCUT2D eigenvalue weighted by Gasteiger charge is -2.17. The molecule has 1 aromatic heterocycles. The van der Waals surface area contributed by atoms with Gasteiger partial charge in [0.2, 0.25) is 24.6 Å². The van der Waals surface area contributed by atoms with Gasteiger partial charge >= 0.3 is 12.1 Å². The van der Waals surface area contributed by atoms with E-state index >= 15 is 0 Å². The molecule has 5 rings (SSSR count). The number of carbonyl (C=O) groups excluding carboxylic acids is 1. The number of carboxylic acid groups (broad SMARTS) is 1. The van der Waals surface area contributed by atoms with Crippen molar-refractivity contribution in [2.24, 2.45) is 0 Å². The van der Waals surface area contributed by atoms with Crippen LogP contribution in [0.1, 0.15) is 16.7 Å². The Hall–Kier alpha value is -5.30. The van der Waals surface area contributed by atoms with Gasteiger partial charge in [-0.15, -0.1) is 0 Å². The zero-order valence-corrected chi connectivity index (χ0v) is 24.7. The first-order chi connectivity index (χ1) is 21.2. The number of benzene rings is 3. The predicted molar refractivity (Wildman–Crippen MR) is 163 cm³/mol. The van der Waals surface area contributed by atoms with Gasteiger partial charge in [-0.05, 0) is 53.1 Å². The second-order valence-corrected chi connectivity index (χ2v) is 10.4. The third-order valence-electron chi connectivity index (χ3n) is 6.42. The molecule has 3 aromatic carbocycles. The van der Waals surface area contributed by atoms with Crippen LogP contribution in [-0.4, -0.2) is 64.0 Å². The van der Waals surface area contributed by atoms with E-state index in [2.05, 4.69) is 30.9 Å². The van der Waals surface area contributed by atoms with Gasteiger partial charge < -0.3 is 40.2 Å². The lowest BCUT2D eigenvalue weighted by molar-refractivity contribution is -0.137. The number of amides is 1. The maximum Gasteiger partial charge on any atom is 0.414 e. The fourth-order valence-electron chi connectivity index (χ4n) is 4.09. The summed E-state index contributed by atoms with van der Waals surface area (Å²) in [4.78, 5) is 38.7. The summed E-state index contributed by atoms with van der Waals surface area (Å²) in [5.74, 6) is 1.12. The molecule has 228 valence electrons. The van der Waals surface area contributed by atoms with Crippen LogP contribution in [0.3, 0.4) is 0 Å². The van der Waals surface area contributed by atoms with Crippen molar-refractivity contribution in [3.05, 3.63) is 88.4 Å². The highest BCUT2D eigenvalue weighted by Gasteiger charge is 2.21. The average Bonchev–Trinajstić information content (AvgIpc) is 3.48. The standard InChI is InChI=1S/C30H30ClN7O6/c1-38(2)30(41)44-22-10-5-18(6-11-22)13-23(26(39)40)34-29-36-27(32-15-19-3-8-21(31)9-4-19)35-28(37-29)33-16-20-7-12-24-25(14-20)43-17-42-24/h3-12,14,23H,13,15-17H2,1-2H3,(H,39,40)(H3,32,33,34,35,36,37)/t23-/m0/s1. The average molecular weight is 620 g/mol.